The summed E-state index contributed by atoms with van der Waals surface area (Å²) < 4.78 is 35.4. The summed E-state index contributed by atoms with van der Waals surface area (Å²) in [5, 5.41) is 0. The van der Waals surface area contributed by atoms with E-state index in [1.807, 2.05) is 55.8 Å². The zero-order chi connectivity index (χ0) is 20.3. The van der Waals surface area contributed by atoms with E-state index in [1.54, 1.807) is 31.5 Å². The molecule has 28 heavy (non-hydrogen) atoms. The van der Waals surface area contributed by atoms with Crippen LogP contribution in [0.4, 0.5) is 0 Å². The second kappa shape index (κ2) is 8.16. The van der Waals surface area contributed by atoms with Gasteiger partial charge in [-0.15, -0.1) is 0 Å². The number of aryl methyl sites for hydroxylation is 1. The van der Waals surface area contributed by atoms with Gasteiger partial charge in [0.05, 0.1) is 12.0 Å². The van der Waals surface area contributed by atoms with Gasteiger partial charge in [0.25, 0.3) is 0 Å². The SMILES string of the molecule is COc1ccc(S(=O)(=O)NCc2ccc(-n3ccnc3C)cc2)cc1C(C)C. The number of nitrogens with zero attached hydrogens (tertiary/aromatic N) is 2. The molecule has 148 valence electrons. The van der Waals surface area contributed by atoms with Crippen LogP contribution >= 0.6 is 0 Å². The highest BCUT2D eigenvalue weighted by molar-refractivity contribution is 7.89. The van der Waals surface area contributed by atoms with Gasteiger partial charge >= 0.3 is 0 Å². The lowest BCUT2D eigenvalue weighted by Crippen LogP contribution is -2.23. The lowest BCUT2D eigenvalue weighted by atomic mass is 10.0. The average molecular weight is 400 g/mol. The Morgan fingerprint density at radius 3 is 2.43 bits per heavy atom. The molecule has 0 atom stereocenters. The van der Waals surface area contributed by atoms with Crippen molar-refractivity contribution in [2.75, 3.05) is 7.11 Å². The Bertz CT molecular complexity index is 1050. The average Bonchev–Trinajstić information content (AvgIpc) is 3.12. The predicted octanol–water partition coefficient (Wildman–Crippen LogP) is 3.79. The van der Waals surface area contributed by atoms with Gasteiger partial charge in [-0.2, -0.15) is 0 Å². The number of rotatable bonds is 7. The third-order valence-corrected chi connectivity index (χ3v) is 6.04. The summed E-state index contributed by atoms with van der Waals surface area (Å²) in [6.07, 6.45) is 3.64. The van der Waals surface area contributed by atoms with Crippen molar-refractivity contribution in [1.82, 2.24) is 14.3 Å². The summed E-state index contributed by atoms with van der Waals surface area (Å²) in [7, 11) is -2.03. The monoisotopic (exact) mass is 399 g/mol. The van der Waals surface area contributed by atoms with Gasteiger partial charge in [-0.1, -0.05) is 26.0 Å². The van der Waals surface area contributed by atoms with E-state index in [-0.39, 0.29) is 17.4 Å². The van der Waals surface area contributed by atoms with E-state index in [1.165, 1.54) is 0 Å². The molecule has 7 heteroatoms. The number of sulfonamides is 1. The molecule has 0 fully saturated rings. The Balaban J connectivity index is 1.75. The van der Waals surface area contributed by atoms with Crippen LogP contribution in [0.25, 0.3) is 5.69 Å². The molecule has 0 bridgehead atoms. The van der Waals surface area contributed by atoms with E-state index in [2.05, 4.69) is 9.71 Å². The summed E-state index contributed by atoms with van der Waals surface area (Å²) in [5.74, 6) is 1.75. The van der Waals surface area contributed by atoms with E-state index < -0.39 is 10.0 Å². The van der Waals surface area contributed by atoms with Crippen molar-refractivity contribution in [3.63, 3.8) is 0 Å². The van der Waals surface area contributed by atoms with Crippen molar-refractivity contribution in [2.24, 2.45) is 0 Å². The maximum absolute atomic E-state index is 12.7. The maximum atomic E-state index is 12.7. The summed E-state index contributed by atoms with van der Waals surface area (Å²) in [5.41, 5.74) is 2.73. The summed E-state index contributed by atoms with van der Waals surface area (Å²) in [4.78, 5) is 4.45. The summed E-state index contributed by atoms with van der Waals surface area (Å²) in [6, 6.07) is 12.7. The Morgan fingerprint density at radius 1 is 1.14 bits per heavy atom. The van der Waals surface area contributed by atoms with Crippen LogP contribution in [0.1, 0.15) is 36.7 Å². The fraction of sp³-hybridized carbons (Fsp3) is 0.286. The van der Waals surface area contributed by atoms with Crippen molar-refractivity contribution in [3.05, 3.63) is 71.8 Å². The van der Waals surface area contributed by atoms with Crippen molar-refractivity contribution >= 4 is 10.0 Å². The topological polar surface area (TPSA) is 73.2 Å². The molecule has 1 aromatic heterocycles. The lowest BCUT2D eigenvalue weighted by molar-refractivity contribution is 0.407. The van der Waals surface area contributed by atoms with Gasteiger partial charge in [-0.25, -0.2) is 18.1 Å². The zero-order valence-corrected chi connectivity index (χ0v) is 17.3. The molecule has 0 aliphatic carbocycles. The minimum absolute atomic E-state index is 0.157. The van der Waals surface area contributed by atoms with Crippen molar-refractivity contribution in [1.29, 1.82) is 0 Å². The van der Waals surface area contributed by atoms with Crippen LogP contribution in [0.5, 0.6) is 5.75 Å². The number of hydrogen-bond acceptors (Lipinski definition) is 4. The first-order chi connectivity index (χ1) is 13.3. The quantitative estimate of drug-likeness (QED) is 0.656. The summed E-state index contributed by atoms with van der Waals surface area (Å²) in [6.45, 7) is 6.16. The van der Waals surface area contributed by atoms with E-state index in [0.717, 1.165) is 22.6 Å². The Labute approximate surface area is 166 Å². The number of benzene rings is 2. The van der Waals surface area contributed by atoms with Crippen LogP contribution < -0.4 is 9.46 Å². The number of ether oxygens (including phenoxy) is 1. The first kappa shape index (κ1) is 20.1. The number of imidazole rings is 1. The second-order valence-corrected chi connectivity index (χ2v) is 8.66. The summed E-state index contributed by atoms with van der Waals surface area (Å²) >= 11 is 0. The number of aromatic nitrogens is 2. The highest BCUT2D eigenvalue weighted by Gasteiger charge is 2.17. The van der Waals surface area contributed by atoms with Crippen LogP contribution in [0, 0.1) is 6.92 Å². The van der Waals surface area contributed by atoms with Crippen LogP contribution in [-0.2, 0) is 16.6 Å². The minimum Gasteiger partial charge on any atom is -0.496 e. The molecule has 3 rings (SSSR count). The highest BCUT2D eigenvalue weighted by Crippen LogP contribution is 2.28. The van der Waals surface area contributed by atoms with Gasteiger partial charge in [-0.05, 0) is 54.3 Å². The zero-order valence-electron chi connectivity index (χ0n) is 16.5. The van der Waals surface area contributed by atoms with Crippen LogP contribution in [0.15, 0.2) is 59.8 Å². The molecule has 0 amide bonds. The van der Waals surface area contributed by atoms with E-state index in [0.29, 0.717) is 5.75 Å². The number of nitrogens with one attached hydrogen (secondary N) is 1. The van der Waals surface area contributed by atoms with Gasteiger partial charge in [0.15, 0.2) is 0 Å². The first-order valence-electron chi connectivity index (χ1n) is 9.08. The van der Waals surface area contributed by atoms with E-state index >= 15 is 0 Å². The predicted molar refractivity (Wildman–Crippen MR) is 109 cm³/mol. The third kappa shape index (κ3) is 4.26. The molecular weight excluding hydrogens is 374 g/mol. The molecule has 0 saturated heterocycles. The molecule has 3 aromatic rings. The Morgan fingerprint density at radius 2 is 1.86 bits per heavy atom. The van der Waals surface area contributed by atoms with Crippen LogP contribution in [-0.4, -0.2) is 25.1 Å². The van der Waals surface area contributed by atoms with E-state index in [4.69, 9.17) is 4.74 Å². The molecule has 2 aromatic carbocycles. The molecule has 1 N–H and O–H groups in total. The molecule has 0 spiro atoms. The molecule has 0 unspecified atom stereocenters. The fourth-order valence-electron chi connectivity index (χ4n) is 3.02. The minimum atomic E-state index is -3.62. The molecular formula is C21H25N3O3S. The molecule has 0 saturated carbocycles. The largest absolute Gasteiger partial charge is 0.496 e. The standard InChI is InChI=1S/C21H25N3O3S/c1-15(2)20-13-19(9-10-21(20)27-4)28(25,26)23-14-17-5-7-18(8-6-17)24-12-11-22-16(24)3/h5-13,15,23H,14H2,1-4H3. The Hall–Kier alpha value is -2.64. The second-order valence-electron chi connectivity index (χ2n) is 6.89. The molecule has 6 nitrogen and oxygen atoms in total. The van der Waals surface area contributed by atoms with Gasteiger partial charge in [0.2, 0.25) is 10.0 Å². The van der Waals surface area contributed by atoms with Gasteiger partial charge in [-0.3, -0.25) is 0 Å². The van der Waals surface area contributed by atoms with Gasteiger partial charge < -0.3 is 9.30 Å². The highest BCUT2D eigenvalue weighted by atomic mass is 32.2. The van der Waals surface area contributed by atoms with Crippen LogP contribution in [0.2, 0.25) is 0 Å². The van der Waals surface area contributed by atoms with Crippen molar-refractivity contribution < 1.29 is 13.2 Å². The molecule has 0 aliphatic heterocycles. The van der Waals surface area contributed by atoms with Gasteiger partial charge in [0, 0.05) is 24.6 Å². The number of hydrogen-bond donors (Lipinski definition) is 1. The van der Waals surface area contributed by atoms with E-state index in [9.17, 15) is 8.42 Å². The van der Waals surface area contributed by atoms with Gasteiger partial charge in [0.1, 0.15) is 11.6 Å². The third-order valence-electron chi connectivity index (χ3n) is 4.64. The molecule has 0 radical (unpaired) electrons. The fourth-order valence-corrected chi connectivity index (χ4v) is 4.07. The van der Waals surface area contributed by atoms with Crippen molar-refractivity contribution in [2.45, 2.75) is 38.1 Å². The smallest absolute Gasteiger partial charge is 0.240 e. The normalized spacial score (nSPS) is 11.8. The lowest BCUT2D eigenvalue weighted by Gasteiger charge is -2.14. The molecule has 1 heterocycles. The maximum Gasteiger partial charge on any atom is 0.240 e. The Kier molecular flexibility index (Phi) is 5.86. The van der Waals surface area contributed by atoms with Crippen LogP contribution in [0.3, 0.4) is 0 Å². The van der Waals surface area contributed by atoms with Crippen molar-refractivity contribution in [3.8, 4) is 11.4 Å². The number of methoxy groups -OCH3 is 1. The first-order valence-corrected chi connectivity index (χ1v) is 10.6. The molecule has 0 aliphatic rings.